The third-order valence-corrected chi connectivity index (χ3v) is 3.90. The first-order valence-electron chi connectivity index (χ1n) is 4.73. The largest absolute Gasteiger partial charge is 0.465 e. The van der Waals surface area contributed by atoms with Crippen LogP contribution in [0.1, 0.15) is 6.42 Å². The number of aliphatic hydroxyl groups is 2. The number of carbonyl (C=O) groups is 1. The van der Waals surface area contributed by atoms with Crippen LogP contribution in [0, 0.1) is 23.7 Å². The summed E-state index contributed by atoms with van der Waals surface area (Å²) in [5, 5.41) is 19.4. The lowest BCUT2D eigenvalue weighted by molar-refractivity contribution is -0.143. The SMILES string of the molecule is O=C1OC[C@@H]2[C@H]1[C@@H]1C[C@@H](O)[C@@H]2[C@@H]1O. The molecule has 0 aromatic rings. The topological polar surface area (TPSA) is 66.8 Å². The molecule has 3 fully saturated rings. The molecule has 72 valence electrons. The van der Waals surface area contributed by atoms with Gasteiger partial charge in [0.05, 0.1) is 24.7 Å². The van der Waals surface area contributed by atoms with Crippen molar-refractivity contribution >= 4 is 5.97 Å². The van der Waals surface area contributed by atoms with Crippen molar-refractivity contribution in [2.24, 2.45) is 23.7 Å². The standard InChI is InChI=1S/C9H12O4/c10-5-1-3-6-4(2-13-9(6)12)7(5)8(3)11/h3-8,10-11H,1-2H2/t3-,4+,5+,6+,7+,8+/m0/s1. The van der Waals surface area contributed by atoms with Crippen LogP contribution in [0.4, 0.5) is 0 Å². The first-order chi connectivity index (χ1) is 6.20. The Hall–Kier alpha value is -0.610. The van der Waals surface area contributed by atoms with Crippen molar-refractivity contribution in [3.63, 3.8) is 0 Å². The lowest BCUT2D eigenvalue weighted by Gasteiger charge is -2.23. The molecule has 4 heteroatoms. The van der Waals surface area contributed by atoms with Gasteiger partial charge in [-0.25, -0.2) is 0 Å². The minimum atomic E-state index is -0.488. The van der Waals surface area contributed by atoms with E-state index in [0.717, 1.165) is 0 Å². The third-order valence-electron chi connectivity index (χ3n) is 3.90. The van der Waals surface area contributed by atoms with Crippen LogP contribution in [0.2, 0.25) is 0 Å². The molecule has 13 heavy (non-hydrogen) atoms. The van der Waals surface area contributed by atoms with E-state index in [1.54, 1.807) is 0 Å². The Kier molecular flexibility index (Phi) is 1.34. The zero-order chi connectivity index (χ0) is 9.16. The van der Waals surface area contributed by atoms with Crippen LogP contribution in [0.5, 0.6) is 0 Å². The van der Waals surface area contributed by atoms with Crippen LogP contribution < -0.4 is 0 Å². The van der Waals surface area contributed by atoms with Gasteiger partial charge in [-0.1, -0.05) is 0 Å². The van der Waals surface area contributed by atoms with Gasteiger partial charge >= 0.3 is 5.97 Å². The summed E-state index contributed by atoms with van der Waals surface area (Å²) in [6.45, 7) is 0.388. The molecule has 4 nitrogen and oxygen atoms in total. The van der Waals surface area contributed by atoms with Crippen molar-refractivity contribution in [2.75, 3.05) is 6.61 Å². The van der Waals surface area contributed by atoms with E-state index in [0.29, 0.717) is 13.0 Å². The first-order valence-corrected chi connectivity index (χ1v) is 4.73. The molecule has 2 saturated carbocycles. The molecule has 0 aromatic heterocycles. The van der Waals surface area contributed by atoms with Gasteiger partial charge in [-0.15, -0.1) is 0 Å². The van der Waals surface area contributed by atoms with Crippen molar-refractivity contribution < 1.29 is 19.7 Å². The summed E-state index contributed by atoms with van der Waals surface area (Å²) < 4.78 is 4.94. The second-order valence-corrected chi connectivity index (χ2v) is 4.35. The molecule has 2 bridgehead atoms. The first kappa shape index (κ1) is 7.76. The van der Waals surface area contributed by atoms with Gasteiger partial charge in [0.15, 0.2) is 0 Å². The summed E-state index contributed by atoms with van der Waals surface area (Å²) >= 11 is 0. The van der Waals surface area contributed by atoms with E-state index in [1.807, 2.05) is 0 Å². The number of rotatable bonds is 0. The molecular weight excluding hydrogens is 172 g/mol. The van der Waals surface area contributed by atoms with E-state index in [4.69, 9.17) is 4.74 Å². The number of cyclic esters (lactones) is 1. The molecule has 1 heterocycles. The highest BCUT2D eigenvalue weighted by molar-refractivity contribution is 5.76. The van der Waals surface area contributed by atoms with Crippen molar-refractivity contribution in [3.05, 3.63) is 0 Å². The molecule has 0 aromatic carbocycles. The van der Waals surface area contributed by atoms with E-state index < -0.39 is 12.2 Å². The number of aliphatic hydroxyl groups excluding tert-OH is 2. The van der Waals surface area contributed by atoms with E-state index in [9.17, 15) is 15.0 Å². The summed E-state index contributed by atoms with van der Waals surface area (Å²) in [5.74, 6) is -0.426. The molecule has 0 spiro atoms. The van der Waals surface area contributed by atoms with Gasteiger partial charge in [0.2, 0.25) is 0 Å². The fourth-order valence-corrected chi connectivity index (χ4v) is 3.38. The highest BCUT2D eigenvalue weighted by Crippen LogP contribution is 2.55. The van der Waals surface area contributed by atoms with Gasteiger partial charge in [0.25, 0.3) is 0 Å². The normalized spacial score (nSPS) is 58.2. The van der Waals surface area contributed by atoms with E-state index in [2.05, 4.69) is 0 Å². The molecule has 6 atom stereocenters. The zero-order valence-corrected chi connectivity index (χ0v) is 7.09. The average molecular weight is 184 g/mol. The molecule has 0 amide bonds. The number of hydrogen-bond acceptors (Lipinski definition) is 4. The Labute approximate surface area is 75.5 Å². The monoisotopic (exact) mass is 184 g/mol. The Morgan fingerprint density at radius 3 is 2.85 bits per heavy atom. The maximum Gasteiger partial charge on any atom is 0.309 e. The minimum absolute atomic E-state index is 0.0556. The van der Waals surface area contributed by atoms with E-state index in [1.165, 1.54) is 0 Å². The minimum Gasteiger partial charge on any atom is -0.465 e. The van der Waals surface area contributed by atoms with Gasteiger partial charge in [-0.05, 0) is 6.42 Å². The Bertz CT molecular complexity index is 262. The van der Waals surface area contributed by atoms with Crippen molar-refractivity contribution in [1.82, 2.24) is 0 Å². The molecular formula is C9H12O4. The van der Waals surface area contributed by atoms with Gasteiger partial charge in [0.1, 0.15) is 0 Å². The molecule has 2 aliphatic carbocycles. The van der Waals surface area contributed by atoms with Crippen LogP contribution in [0.15, 0.2) is 0 Å². The summed E-state index contributed by atoms with van der Waals surface area (Å²) in [6, 6.07) is 0. The summed E-state index contributed by atoms with van der Waals surface area (Å²) in [5.41, 5.74) is 0. The van der Waals surface area contributed by atoms with Crippen LogP contribution in [-0.2, 0) is 9.53 Å². The van der Waals surface area contributed by atoms with Gasteiger partial charge in [-0.2, -0.15) is 0 Å². The number of carbonyl (C=O) groups excluding carboxylic acids is 1. The van der Waals surface area contributed by atoms with Gasteiger partial charge < -0.3 is 14.9 Å². The fourth-order valence-electron chi connectivity index (χ4n) is 3.38. The molecule has 3 rings (SSSR count). The second-order valence-electron chi connectivity index (χ2n) is 4.35. The number of hydrogen-bond donors (Lipinski definition) is 2. The number of esters is 1. The lowest BCUT2D eigenvalue weighted by atomic mass is 9.80. The van der Waals surface area contributed by atoms with E-state index >= 15 is 0 Å². The smallest absolute Gasteiger partial charge is 0.309 e. The molecule has 2 N–H and O–H groups in total. The predicted molar refractivity (Wildman–Crippen MR) is 41.5 cm³/mol. The van der Waals surface area contributed by atoms with Crippen LogP contribution >= 0.6 is 0 Å². The van der Waals surface area contributed by atoms with E-state index in [-0.39, 0.29) is 29.6 Å². The van der Waals surface area contributed by atoms with Crippen molar-refractivity contribution in [2.45, 2.75) is 18.6 Å². The number of ether oxygens (including phenoxy) is 1. The Morgan fingerprint density at radius 1 is 1.31 bits per heavy atom. The van der Waals surface area contributed by atoms with Crippen LogP contribution in [-0.4, -0.2) is 35.0 Å². The second kappa shape index (κ2) is 2.25. The molecule has 3 aliphatic rings. The lowest BCUT2D eigenvalue weighted by Crippen LogP contribution is -2.31. The zero-order valence-electron chi connectivity index (χ0n) is 7.09. The van der Waals surface area contributed by atoms with Crippen molar-refractivity contribution in [1.29, 1.82) is 0 Å². The summed E-state index contributed by atoms with van der Waals surface area (Å²) in [4.78, 5) is 11.3. The molecule has 0 unspecified atom stereocenters. The van der Waals surface area contributed by atoms with Gasteiger partial charge in [-0.3, -0.25) is 4.79 Å². The predicted octanol–water partition coefficient (Wildman–Crippen LogP) is -0.853. The van der Waals surface area contributed by atoms with Crippen LogP contribution in [0.3, 0.4) is 0 Å². The summed E-state index contributed by atoms with van der Waals surface area (Å²) in [7, 11) is 0. The quantitative estimate of drug-likeness (QED) is 0.481. The molecule has 0 radical (unpaired) electrons. The summed E-state index contributed by atoms with van der Waals surface area (Å²) in [6.07, 6.45) is -0.365. The highest BCUT2D eigenvalue weighted by Gasteiger charge is 2.63. The Morgan fingerprint density at radius 2 is 2.08 bits per heavy atom. The average Bonchev–Trinajstić information content (AvgIpc) is 2.64. The highest BCUT2D eigenvalue weighted by atomic mass is 16.5. The van der Waals surface area contributed by atoms with Crippen molar-refractivity contribution in [3.8, 4) is 0 Å². The van der Waals surface area contributed by atoms with Gasteiger partial charge in [0, 0.05) is 17.8 Å². The number of fused-ring (bicyclic) bond motifs is 5. The maximum absolute atomic E-state index is 11.3. The maximum atomic E-state index is 11.3. The fraction of sp³-hybridized carbons (Fsp3) is 0.889. The molecule has 1 saturated heterocycles. The molecule has 1 aliphatic heterocycles. The Balaban J connectivity index is 1.98. The van der Waals surface area contributed by atoms with Crippen LogP contribution in [0.25, 0.3) is 0 Å². The third kappa shape index (κ3) is 0.758.